The highest BCUT2D eigenvalue weighted by Crippen LogP contribution is 2.29. The molecule has 2 aromatic rings. The number of hydrogen-bond acceptors (Lipinski definition) is 1. The Balaban J connectivity index is 2.27. The van der Waals surface area contributed by atoms with Crippen LogP contribution in [0.1, 0.15) is 17.2 Å². The van der Waals surface area contributed by atoms with Gasteiger partial charge in [0.05, 0.1) is 0 Å². The molecule has 2 N–H and O–H groups in total. The lowest BCUT2D eigenvalue weighted by molar-refractivity contribution is 0.718. The molecule has 0 spiro atoms. The Bertz CT molecular complexity index is 537. The molecule has 0 radical (unpaired) electrons. The minimum absolute atomic E-state index is 0.101. The number of halogens is 3. The van der Waals surface area contributed by atoms with E-state index in [1.54, 1.807) is 0 Å². The topological polar surface area (TPSA) is 26.0 Å². The van der Waals surface area contributed by atoms with Gasteiger partial charge in [-0.05, 0) is 58.3 Å². The summed E-state index contributed by atoms with van der Waals surface area (Å²) in [6, 6.07) is 13.5. The Kier molecular flexibility index (Phi) is 4.90. The van der Waals surface area contributed by atoms with E-state index in [0.717, 1.165) is 14.7 Å². The number of hydrogen-bond donors (Lipinski definition) is 1. The van der Waals surface area contributed by atoms with E-state index in [1.807, 2.05) is 42.5 Å². The van der Waals surface area contributed by atoms with Gasteiger partial charge in [-0.3, -0.25) is 0 Å². The van der Waals surface area contributed by atoms with E-state index >= 15 is 0 Å². The summed E-state index contributed by atoms with van der Waals surface area (Å²) in [5.74, 6) is 0. The van der Waals surface area contributed by atoms with Crippen molar-refractivity contribution >= 4 is 45.8 Å². The maximum atomic E-state index is 6.24. The SMILES string of the molecule is NC(Cc1c(Cl)cccc1Cl)c1ccccc1I. The van der Waals surface area contributed by atoms with Crippen LogP contribution in [-0.4, -0.2) is 0 Å². The first-order valence-corrected chi connectivity index (χ1v) is 7.36. The van der Waals surface area contributed by atoms with E-state index in [-0.39, 0.29) is 6.04 Å². The van der Waals surface area contributed by atoms with Crippen LogP contribution < -0.4 is 5.73 Å². The van der Waals surface area contributed by atoms with Gasteiger partial charge in [0.15, 0.2) is 0 Å². The summed E-state index contributed by atoms with van der Waals surface area (Å²) < 4.78 is 1.16. The second kappa shape index (κ2) is 6.24. The van der Waals surface area contributed by atoms with Gasteiger partial charge in [0.1, 0.15) is 0 Å². The van der Waals surface area contributed by atoms with E-state index in [0.29, 0.717) is 16.5 Å². The van der Waals surface area contributed by atoms with Crippen molar-refractivity contribution in [3.63, 3.8) is 0 Å². The first kappa shape index (κ1) is 14.1. The molecule has 1 atom stereocenters. The Hall–Kier alpha value is -0.290. The molecule has 2 rings (SSSR count). The molecule has 18 heavy (non-hydrogen) atoms. The summed E-state index contributed by atoms with van der Waals surface area (Å²) in [6.07, 6.45) is 0.637. The Morgan fingerprint density at radius 1 is 1.00 bits per heavy atom. The zero-order chi connectivity index (χ0) is 13.1. The summed E-state index contributed by atoms with van der Waals surface area (Å²) in [5, 5.41) is 1.34. The van der Waals surface area contributed by atoms with Crippen LogP contribution in [0.5, 0.6) is 0 Å². The molecule has 0 bridgehead atoms. The molecule has 1 unspecified atom stereocenters. The predicted molar refractivity (Wildman–Crippen MR) is 86.3 cm³/mol. The van der Waals surface area contributed by atoms with E-state index in [9.17, 15) is 0 Å². The Morgan fingerprint density at radius 3 is 2.22 bits per heavy atom. The monoisotopic (exact) mass is 391 g/mol. The van der Waals surface area contributed by atoms with Crippen LogP contribution in [0.4, 0.5) is 0 Å². The third kappa shape index (κ3) is 3.18. The lowest BCUT2D eigenvalue weighted by atomic mass is 10.00. The van der Waals surface area contributed by atoms with Crippen molar-refractivity contribution < 1.29 is 0 Å². The second-order valence-corrected chi connectivity index (χ2v) is 6.01. The largest absolute Gasteiger partial charge is 0.324 e. The van der Waals surface area contributed by atoms with Crippen molar-refractivity contribution in [1.82, 2.24) is 0 Å². The van der Waals surface area contributed by atoms with Crippen LogP contribution in [0.2, 0.25) is 10.0 Å². The van der Waals surface area contributed by atoms with E-state index in [4.69, 9.17) is 28.9 Å². The molecule has 0 aliphatic rings. The maximum absolute atomic E-state index is 6.24. The van der Waals surface area contributed by atoms with Gasteiger partial charge < -0.3 is 5.73 Å². The molecule has 0 amide bonds. The van der Waals surface area contributed by atoms with Crippen molar-refractivity contribution in [2.45, 2.75) is 12.5 Å². The van der Waals surface area contributed by atoms with Gasteiger partial charge in [-0.15, -0.1) is 0 Å². The fourth-order valence-corrected chi connectivity index (χ4v) is 3.17. The number of nitrogens with two attached hydrogens (primary N) is 1. The van der Waals surface area contributed by atoms with Gasteiger partial charge >= 0.3 is 0 Å². The van der Waals surface area contributed by atoms with Crippen molar-refractivity contribution in [1.29, 1.82) is 0 Å². The minimum Gasteiger partial charge on any atom is -0.324 e. The van der Waals surface area contributed by atoms with Crippen LogP contribution in [0.15, 0.2) is 42.5 Å². The molecule has 0 fully saturated rings. The van der Waals surface area contributed by atoms with Gasteiger partial charge in [0.2, 0.25) is 0 Å². The van der Waals surface area contributed by atoms with Crippen LogP contribution in [-0.2, 0) is 6.42 Å². The highest BCUT2D eigenvalue weighted by molar-refractivity contribution is 14.1. The first-order valence-electron chi connectivity index (χ1n) is 5.52. The van der Waals surface area contributed by atoms with Crippen LogP contribution in [0, 0.1) is 3.57 Å². The highest BCUT2D eigenvalue weighted by atomic mass is 127. The molecule has 94 valence electrons. The Labute approximate surface area is 130 Å². The molecule has 0 saturated carbocycles. The van der Waals surface area contributed by atoms with Crippen molar-refractivity contribution in [2.75, 3.05) is 0 Å². The fourth-order valence-electron chi connectivity index (χ4n) is 1.83. The lowest BCUT2D eigenvalue weighted by Crippen LogP contribution is -2.15. The fraction of sp³-hybridized carbons (Fsp3) is 0.143. The number of rotatable bonds is 3. The molecule has 0 saturated heterocycles. The average molecular weight is 392 g/mol. The van der Waals surface area contributed by atoms with Gasteiger partial charge in [-0.1, -0.05) is 47.5 Å². The minimum atomic E-state index is -0.101. The van der Waals surface area contributed by atoms with E-state index in [2.05, 4.69) is 22.6 Å². The van der Waals surface area contributed by atoms with Crippen LogP contribution in [0.25, 0.3) is 0 Å². The normalized spacial score (nSPS) is 12.4. The first-order chi connectivity index (χ1) is 8.59. The molecular weight excluding hydrogens is 380 g/mol. The standard InChI is InChI=1S/C14H12Cl2IN/c15-11-5-3-6-12(16)10(11)8-14(18)9-4-1-2-7-13(9)17/h1-7,14H,8,18H2. The van der Waals surface area contributed by atoms with E-state index in [1.165, 1.54) is 0 Å². The van der Waals surface area contributed by atoms with Crippen LogP contribution in [0.3, 0.4) is 0 Å². The smallest absolute Gasteiger partial charge is 0.0453 e. The zero-order valence-corrected chi connectivity index (χ0v) is 13.2. The van der Waals surface area contributed by atoms with Crippen molar-refractivity contribution in [3.8, 4) is 0 Å². The molecule has 0 heterocycles. The number of benzene rings is 2. The lowest BCUT2D eigenvalue weighted by Gasteiger charge is -2.15. The third-order valence-corrected chi connectivity index (χ3v) is 4.48. The van der Waals surface area contributed by atoms with Gasteiger partial charge in [0, 0.05) is 19.7 Å². The Morgan fingerprint density at radius 2 is 1.61 bits per heavy atom. The molecule has 2 aromatic carbocycles. The molecule has 4 heteroatoms. The van der Waals surface area contributed by atoms with Crippen molar-refractivity contribution in [3.05, 3.63) is 67.2 Å². The highest BCUT2D eigenvalue weighted by Gasteiger charge is 2.14. The molecule has 1 nitrogen and oxygen atoms in total. The molecule has 0 aromatic heterocycles. The summed E-state index contributed by atoms with van der Waals surface area (Å²) in [5.41, 5.74) is 8.27. The maximum Gasteiger partial charge on any atom is 0.0453 e. The van der Waals surface area contributed by atoms with Gasteiger partial charge in [-0.2, -0.15) is 0 Å². The van der Waals surface area contributed by atoms with E-state index < -0.39 is 0 Å². The zero-order valence-electron chi connectivity index (χ0n) is 9.54. The summed E-state index contributed by atoms with van der Waals surface area (Å²) in [4.78, 5) is 0. The predicted octanol–water partition coefficient (Wildman–Crippen LogP) is 4.84. The summed E-state index contributed by atoms with van der Waals surface area (Å²) in [7, 11) is 0. The van der Waals surface area contributed by atoms with Crippen molar-refractivity contribution in [2.24, 2.45) is 5.73 Å². The van der Waals surface area contributed by atoms with Gasteiger partial charge in [0.25, 0.3) is 0 Å². The molecular formula is C14H12Cl2IN. The molecule has 0 aliphatic carbocycles. The average Bonchev–Trinajstić information content (AvgIpc) is 2.34. The third-order valence-electron chi connectivity index (χ3n) is 2.79. The molecule has 0 aliphatic heterocycles. The van der Waals surface area contributed by atoms with Gasteiger partial charge in [-0.25, -0.2) is 0 Å². The second-order valence-electron chi connectivity index (χ2n) is 4.03. The summed E-state index contributed by atoms with van der Waals surface area (Å²) in [6.45, 7) is 0. The van der Waals surface area contributed by atoms with Crippen LogP contribution >= 0.6 is 45.8 Å². The summed E-state index contributed by atoms with van der Waals surface area (Å²) >= 11 is 14.6. The quantitative estimate of drug-likeness (QED) is 0.744.